The fourth-order valence-electron chi connectivity index (χ4n) is 5.92. The van der Waals surface area contributed by atoms with Crippen LogP contribution in [0.25, 0.3) is 0 Å². The highest BCUT2D eigenvalue weighted by molar-refractivity contribution is 6.29. The van der Waals surface area contributed by atoms with Gasteiger partial charge in [0.15, 0.2) is 11.5 Å². The molecular formula is C32H40ClN5O3. The summed E-state index contributed by atoms with van der Waals surface area (Å²) in [7, 11) is 0. The molecule has 8 nitrogen and oxygen atoms in total. The van der Waals surface area contributed by atoms with Gasteiger partial charge in [0.1, 0.15) is 18.4 Å². The summed E-state index contributed by atoms with van der Waals surface area (Å²) in [6, 6.07) is 10.9. The van der Waals surface area contributed by atoms with Crippen molar-refractivity contribution in [2.24, 2.45) is 0 Å². The number of aromatic nitrogens is 2. The second kappa shape index (κ2) is 13.1. The third-order valence-electron chi connectivity index (χ3n) is 8.35. The molecule has 0 unspecified atom stereocenters. The van der Waals surface area contributed by atoms with Gasteiger partial charge in [-0.3, -0.25) is 9.78 Å². The number of pyridine rings is 2. The Balaban J connectivity index is 1.20. The number of aryl methyl sites for hydroxylation is 3. The van der Waals surface area contributed by atoms with Crippen molar-refractivity contribution >= 4 is 23.2 Å². The van der Waals surface area contributed by atoms with Crippen LogP contribution in [-0.2, 0) is 6.54 Å². The van der Waals surface area contributed by atoms with Crippen LogP contribution in [0, 0.1) is 20.8 Å². The Hall–Kier alpha value is -3.36. The third kappa shape index (κ3) is 6.93. The number of nitrogens with one attached hydrogen (secondary N) is 1. The summed E-state index contributed by atoms with van der Waals surface area (Å²) in [5.41, 5.74) is 5.75. The lowest BCUT2D eigenvalue weighted by molar-refractivity contribution is 0.0943. The predicted molar refractivity (Wildman–Crippen MR) is 162 cm³/mol. The standard InChI is InChI=1S/C32H40ClN5O3/c1-21-7-11-34-19-25(21)20-38(27-5-6-28-29(18-27)41-16-15-40-28)26-9-13-37(14-10-26)23(3)8-12-35-32(39)31-22(2)17-30(33)36-24(31)4/h5-7,11,17-19,23,26H,8-10,12-16,20H2,1-4H3,(H,35,39)/t23-/m1/s1. The van der Waals surface area contributed by atoms with Crippen LogP contribution in [0.5, 0.6) is 11.5 Å². The molecule has 3 aromatic rings. The largest absolute Gasteiger partial charge is 0.486 e. The van der Waals surface area contributed by atoms with Gasteiger partial charge in [-0.25, -0.2) is 4.98 Å². The topological polar surface area (TPSA) is 79.8 Å². The smallest absolute Gasteiger partial charge is 0.253 e. The maximum atomic E-state index is 12.8. The average Bonchev–Trinajstić information content (AvgIpc) is 2.96. The third-order valence-corrected chi connectivity index (χ3v) is 8.54. The molecule has 41 heavy (non-hydrogen) atoms. The van der Waals surface area contributed by atoms with E-state index in [0.29, 0.717) is 48.3 Å². The van der Waals surface area contributed by atoms with Crippen LogP contribution in [0.1, 0.15) is 58.9 Å². The number of amides is 1. The van der Waals surface area contributed by atoms with Crippen molar-refractivity contribution in [2.45, 2.75) is 65.6 Å². The van der Waals surface area contributed by atoms with Gasteiger partial charge >= 0.3 is 0 Å². The fourth-order valence-corrected chi connectivity index (χ4v) is 6.21. The van der Waals surface area contributed by atoms with Gasteiger partial charge in [0.2, 0.25) is 0 Å². The van der Waals surface area contributed by atoms with Crippen molar-refractivity contribution < 1.29 is 14.3 Å². The summed E-state index contributed by atoms with van der Waals surface area (Å²) < 4.78 is 11.7. The van der Waals surface area contributed by atoms with Crippen LogP contribution in [0.2, 0.25) is 5.15 Å². The number of rotatable bonds is 9. The Bertz CT molecular complexity index is 1350. The molecule has 2 aliphatic heterocycles. The molecule has 9 heteroatoms. The number of benzene rings is 1. The van der Waals surface area contributed by atoms with E-state index in [1.165, 1.54) is 11.1 Å². The Morgan fingerprint density at radius 3 is 2.59 bits per heavy atom. The molecule has 1 fully saturated rings. The van der Waals surface area contributed by atoms with E-state index in [0.717, 1.165) is 61.6 Å². The monoisotopic (exact) mass is 577 g/mol. The molecule has 2 aromatic heterocycles. The Kier molecular flexibility index (Phi) is 9.30. The zero-order valence-electron chi connectivity index (χ0n) is 24.5. The first-order chi connectivity index (χ1) is 19.8. The normalized spacial score (nSPS) is 16.3. The zero-order chi connectivity index (χ0) is 28.9. The first kappa shape index (κ1) is 29.1. The van der Waals surface area contributed by atoms with E-state index in [2.05, 4.69) is 57.1 Å². The summed E-state index contributed by atoms with van der Waals surface area (Å²) >= 11 is 6.03. The minimum atomic E-state index is -0.0872. The van der Waals surface area contributed by atoms with Crippen LogP contribution in [0.3, 0.4) is 0 Å². The molecule has 4 heterocycles. The van der Waals surface area contributed by atoms with Crippen LogP contribution < -0.4 is 19.7 Å². The van der Waals surface area contributed by atoms with Crippen molar-refractivity contribution in [1.82, 2.24) is 20.2 Å². The molecular weight excluding hydrogens is 538 g/mol. The molecule has 2 aliphatic rings. The number of nitrogens with zero attached hydrogens (tertiary/aromatic N) is 4. The lowest BCUT2D eigenvalue weighted by atomic mass is 9.98. The van der Waals surface area contributed by atoms with Gasteiger partial charge in [0, 0.05) is 62.4 Å². The molecule has 0 radical (unpaired) electrons. The number of hydrogen-bond acceptors (Lipinski definition) is 7. The maximum absolute atomic E-state index is 12.8. The van der Waals surface area contributed by atoms with E-state index in [1.54, 1.807) is 6.07 Å². The number of anilines is 1. The van der Waals surface area contributed by atoms with Crippen LogP contribution in [0.15, 0.2) is 42.7 Å². The van der Waals surface area contributed by atoms with Gasteiger partial charge in [-0.1, -0.05) is 11.6 Å². The van der Waals surface area contributed by atoms with Gasteiger partial charge < -0.3 is 24.6 Å². The summed E-state index contributed by atoms with van der Waals surface area (Å²) in [5, 5.41) is 3.50. The van der Waals surface area contributed by atoms with Crippen molar-refractivity contribution in [1.29, 1.82) is 0 Å². The fraction of sp³-hybridized carbons (Fsp3) is 0.469. The number of carbonyl (C=O) groups excluding carboxylic acids is 1. The van der Waals surface area contributed by atoms with E-state index in [9.17, 15) is 4.79 Å². The minimum Gasteiger partial charge on any atom is -0.486 e. The molecule has 0 bridgehead atoms. The quantitative estimate of drug-likeness (QED) is 0.336. The van der Waals surface area contributed by atoms with Gasteiger partial charge in [0.25, 0.3) is 5.91 Å². The SMILES string of the molecule is Cc1ccncc1CN(c1ccc2c(c1)OCCO2)C1CCN([C@H](C)CCNC(=O)c2c(C)cc(Cl)nc2C)CC1. The Morgan fingerprint density at radius 1 is 1.10 bits per heavy atom. The molecule has 5 rings (SSSR count). The molecule has 1 aromatic carbocycles. The van der Waals surface area contributed by atoms with E-state index in [4.69, 9.17) is 21.1 Å². The molecule has 0 saturated carbocycles. The second-order valence-electron chi connectivity index (χ2n) is 11.1. The molecule has 0 spiro atoms. The number of fused-ring (bicyclic) bond motifs is 1. The van der Waals surface area contributed by atoms with Gasteiger partial charge in [-0.2, -0.15) is 0 Å². The summed E-state index contributed by atoms with van der Waals surface area (Å²) in [6.45, 7) is 12.7. The van der Waals surface area contributed by atoms with E-state index in [1.807, 2.05) is 32.3 Å². The first-order valence-electron chi connectivity index (χ1n) is 14.5. The zero-order valence-corrected chi connectivity index (χ0v) is 25.2. The summed E-state index contributed by atoms with van der Waals surface area (Å²) in [6.07, 6.45) is 6.83. The number of likely N-dealkylation sites (tertiary alicyclic amines) is 1. The first-order valence-corrected chi connectivity index (χ1v) is 14.9. The molecule has 0 aliphatic carbocycles. The van der Waals surface area contributed by atoms with E-state index >= 15 is 0 Å². The van der Waals surface area contributed by atoms with Crippen LogP contribution >= 0.6 is 11.6 Å². The van der Waals surface area contributed by atoms with Gasteiger partial charge in [0.05, 0.1) is 11.3 Å². The highest BCUT2D eigenvalue weighted by Crippen LogP contribution is 2.36. The maximum Gasteiger partial charge on any atom is 0.253 e. The summed E-state index contributed by atoms with van der Waals surface area (Å²) in [5.74, 6) is 1.54. The predicted octanol–water partition coefficient (Wildman–Crippen LogP) is 5.51. The van der Waals surface area contributed by atoms with Crippen molar-refractivity contribution in [3.63, 3.8) is 0 Å². The number of hydrogen-bond donors (Lipinski definition) is 1. The van der Waals surface area contributed by atoms with E-state index < -0.39 is 0 Å². The molecule has 1 saturated heterocycles. The van der Waals surface area contributed by atoms with Crippen molar-refractivity contribution in [3.05, 3.63) is 75.8 Å². The molecule has 1 N–H and O–H groups in total. The lowest BCUT2D eigenvalue weighted by Gasteiger charge is -2.42. The second-order valence-corrected chi connectivity index (χ2v) is 11.5. The Labute approximate surface area is 248 Å². The van der Waals surface area contributed by atoms with Crippen LogP contribution in [-0.4, -0.2) is 65.7 Å². The lowest BCUT2D eigenvalue weighted by Crippen LogP contribution is -2.48. The summed E-state index contributed by atoms with van der Waals surface area (Å²) in [4.78, 5) is 26.5. The van der Waals surface area contributed by atoms with Crippen molar-refractivity contribution in [2.75, 3.05) is 37.7 Å². The number of ether oxygens (including phenoxy) is 2. The van der Waals surface area contributed by atoms with Crippen molar-refractivity contribution in [3.8, 4) is 11.5 Å². The average molecular weight is 578 g/mol. The highest BCUT2D eigenvalue weighted by atomic mass is 35.5. The number of piperidine rings is 1. The van der Waals surface area contributed by atoms with Gasteiger partial charge in [-0.05, 0) is 87.9 Å². The Morgan fingerprint density at radius 2 is 1.85 bits per heavy atom. The number of halogens is 1. The minimum absolute atomic E-state index is 0.0872. The van der Waals surface area contributed by atoms with Gasteiger partial charge in [-0.15, -0.1) is 0 Å². The molecule has 218 valence electrons. The molecule has 1 amide bonds. The van der Waals surface area contributed by atoms with E-state index in [-0.39, 0.29) is 5.91 Å². The molecule has 1 atom stereocenters. The number of carbonyl (C=O) groups is 1. The highest BCUT2D eigenvalue weighted by Gasteiger charge is 2.28. The van der Waals surface area contributed by atoms with Crippen LogP contribution in [0.4, 0.5) is 5.69 Å².